The Labute approximate surface area is 78.3 Å². The Morgan fingerprint density at radius 3 is 2.54 bits per heavy atom. The molecular formula is C9H15NO3. The summed E-state index contributed by atoms with van der Waals surface area (Å²) in [6.45, 7) is 11.8. The van der Waals surface area contributed by atoms with Crippen LogP contribution in [0.3, 0.4) is 0 Å². The maximum atomic E-state index is 11.3. The lowest BCUT2D eigenvalue weighted by molar-refractivity contribution is -0.154. The summed E-state index contributed by atoms with van der Waals surface area (Å²) in [4.78, 5) is 14.3. The first-order valence-corrected chi connectivity index (χ1v) is 4.27. The van der Waals surface area contributed by atoms with Crippen LogP contribution < -0.4 is 0 Å². The van der Waals surface area contributed by atoms with E-state index in [1.165, 1.54) is 6.92 Å². The quantitative estimate of drug-likeness (QED) is 0.529. The van der Waals surface area contributed by atoms with Gasteiger partial charge in [0.15, 0.2) is 5.92 Å². The number of nitrogens with zero attached hydrogens (tertiary/aromatic N) is 1. The number of ether oxygens (including phenoxy) is 1. The first kappa shape index (κ1) is 11.9. The number of aliphatic hydroxyl groups is 1. The molecule has 1 N–H and O–H groups in total. The van der Waals surface area contributed by atoms with Crippen LogP contribution in [0.1, 0.15) is 27.2 Å². The minimum Gasteiger partial charge on any atom is -0.465 e. The highest BCUT2D eigenvalue weighted by Crippen LogP contribution is 2.23. The van der Waals surface area contributed by atoms with Crippen molar-refractivity contribution in [2.45, 2.75) is 32.9 Å². The Morgan fingerprint density at radius 1 is 1.69 bits per heavy atom. The first-order valence-electron chi connectivity index (χ1n) is 4.27. The van der Waals surface area contributed by atoms with Crippen LogP contribution >= 0.6 is 0 Å². The molecule has 0 heterocycles. The predicted molar refractivity (Wildman–Crippen MR) is 47.6 cm³/mol. The Hall–Kier alpha value is -1.08. The van der Waals surface area contributed by atoms with Crippen molar-refractivity contribution in [2.24, 2.45) is 5.92 Å². The van der Waals surface area contributed by atoms with Gasteiger partial charge >= 0.3 is 11.7 Å². The van der Waals surface area contributed by atoms with E-state index < -0.39 is 17.6 Å². The summed E-state index contributed by atoms with van der Waals surface area (Å²) in [5, 5.41) is 9.53. The average molecular weight is 185 g/mol. The summed E-state index contributed by atoms with van der Waals surface area (Å²) >= 11 is 0. The Morgan fingerprint density at radius 2 is 2.23 bits per heavy atom. The van der Waals surface area contributed by atoms with E-state index in [1.807, 2.05) is 0 Å². The minimum absolute atomic E-state index is 0.267. The van der Waals surface area contributed by atoms with Gasteiger partial charge in [0.1, 0.15) is 0 Å². The second-order valence-electron chi connectivity index (χ2n) is 2.92. The fourth-order valence-electron chi connectivity index (χ4n) is 1.10. The van der Waals surface area contributed by atoms with Crippen molar-refractivity contribution in [3.63, 3.8) is 0 Å². The standard InChI is InChI=1S/C9H15NO3/c1-5-7(8(11)13-6-2)9(3,12)10-4/h7,12H,5-6H2,1-3H3. The molecule has 0 amide bonds. The van der Waals surface area contributed by atoms with E-state index in [2.05, 4.69) is 4.85 Å². The van der Waals surface area contributed by atoms with Crippen LogP contribution in [-0.2, 0) is 9.53 Å². The van der Waals surface area contributed by atoms with Gasteiger partial charge in [0, 0.05) is 6.92 Å². The number of esters is 1. The van der Waals surface area contributed by atoms with Gasteiger partial charge in [0.05, 0.1) is 6.61 Å². The summed E-state index contributed by atoms with van der Waals surface area (Å²) in [7, 11) is 0. The molecule has 0 bridgehead atoms. The van der Waals surface area contributed by atoms with Crippen molar-refractivity contribution in [2.75, 3.05) is 6.61 Å². The van der Waals surface area contributed by atoms with Gasteiger partial charge in [0.2, 0.25) is 0 Å². The van der Waals surface area contributed by atoms with E-state index in [-0.39, 0.29) is 6.61 Å². The third-order valence-corrected chi connectivity index (χ3v) is 1.87. The summed E-state index contributed by atoms with van der Waals surface area (Å²) in [6, 6.07) is 0. The van der Waals surface area contributed by atoms with Crippen LogP contribution in [0.4, 0.5) is 0 Å². The normalized spacial score (nSPS) is 16.8. The van der Waals surface area contributed by atoms with Crippen molar-refractivity contribution in [1.29, 1.82) is 0 Å². The van der Waals surface area contributed by atoms with Crippen LogP contribution in [0.15, 0.2) is 0 Å². The molecule has 13 heavy (non-hydrogen) atoms. The largest absolute Gasteiger partial charge is 0.465 e. The van der Waals surface area contributed by atoms with Crippen LogP contribution in [-0.4, -0.2) is 23.4 Å². The molecule has 4 nitrogen and oxygen atoms in total. The average Bonchev–Trinajstić information content (AvgIpc) is 2.05. The van der Waals surface area contributed by atoms with Crippen molar-refractivity contribution < 1.29 is 14.6 Å². The van der Waals surface area contributed by atoms with Crippen molar-refractivity contribution >= 4 is 5.97 Å². The second kappa shape index (κ2) is 4.83. The highest BCUT2D eigenvalue weighted by Gasteiger charge is 2.43. The minimum atomic E-state index is -1.65. The van der Waals surface area contributed by atoms with E-state index >= 15 is 0 Å². The third-order valence-electron chi connectivity index (χ3n) is 1.87. The van der Waals surface area contributed by atoms with Gasteiger partial charge in [-0.25, -0.2) is 6.57 Å². The van der Waals surface area contributed by atoms with Gasteiger partial charge in [-0.1, -0.05) is 6.92 Å². The number of hydrogen-bond donors (Lipinski definition) is 1. The third kappa shape index (κ3) is 3.03. The lowest BCUT2D eigenvalue weighted by atomic mass is 9.95. The molecular weight excluding hydrogens is 170 g/mol. The van der Waals surface area contributed by atoms with Crippen LogP contribution in [0.2, 0.25) is 0 Å². The van der Waals surface area contributed by atoms with Crippen molar-refractivity contribution in [3.8, 4) is 0 Å². The highest BCUT2D eigenvalue weighted by molar-refractivity contribution is 5.74. The summed E-state index contributed by atoms with van der Waals surface area (Å²) in [5.74, 6) is -1.27. The van der Waals surface area contributed by atoms with E-state index in [0.29, 0.717) is 6.42 Å². The zero-order chi connectivity index (χ0) is 10.5. The van der Waals surface area contributed by atoms with Crippen molar-refractivity contribution in [3.05, 3.63) is 11.4 Å². The van der Waals surface area contributed by atoms with Crippen LogP contribution in [0, 0.1) is 12.5 Å². The van der Waals surface area contributed by atoms with Gasteiger partial charge in [0.25, 0.3) is 0 Å². The number of rotatable bonds is 4. The molecule has 0 saturated carbocycles. The maximum absolute atomic E-state index is 11.3. The molecule has 0 fully saturated rings. The molecule has 74 valence electrons. The number of carbonyl (C=O) groups excluding carboxylic acids is 1. The molecule has 0 saturated heterocycles. The van der Waals surface area contributed by atoms with Gasteiger partial charge < -0.3 is 9.84 Å². The fraction of sp³-hybridized carbons (Fsp3) is 0.778. The Kier molecular flexibility index (Phi) is 4.43. The molecule has 0 aromatic heterocycles. The molecule has 0 aromatic carbocycles. The molecule has 2 atom stereocenters. The van der Waals surface area contributed by atoms with Gasteiger partial charge in [-0.3, -0.25) is 9.64 Å². The van der Waals surface area contributed by atoms with E-state index in [9.17, 15) is 9.90 Å². The molecule has 0 aliphatic heterocycles. The van der Waals surface area contributed by atoms with Gasteiger partial charge in [-0.2, -0.15) is 0 Å². The molecule has 0 aromatic rings. The zero-order valence-electron chi connectivity index (χ0n) is 8.20. The van der Waals surface area contributed by atoms with E-state index in [0.717, 1.165) is 0 Å². The first-order chi connectivity index (χ1) is 5.99. The molecule has 0 radical (unpaired) electrons. The molecule has 0 aliphatic carbocycles. The van der Waals surface area contributed by atoms with Crippen LogP contribution in [0.5, 0.6) is 0 Å². The molecule has 0 aliphatic rings. The predicted octanol–water partition coefficient (Wildman–Crippen LogP) is 1.20. The lowest BCUT2D eigenvalue weighted by Crippen LogP contribution is -2.37. The lowest BCUT2D eigenvalue weighted by Gasteiger charge is -2.18. The van der Waals surface area contributed by atoms with Gasteiger partial charge in [-0.05, 0) is 13.3 Å². The Bertz CT molecular complexity index is 217. The second-order valence-corrected chi connectivity index (χ2v) is 2.92. The summed E-state index contributed by atoms with van der Waals surface area (Å²) in [6.07, 6.45) is 0.397. The smallest absolute Gasteiger partial charge is 0.345 e. The number of hydrogen-bond acceptors (Lipinski definition) is 3. The topological polar surface area (TPSA) is 50.9 Å². The zero-order valence-corrected chi connectivity index (χ0v) is 8.20. The highest BCUT2D eigenvalue weighted by atomic mass is 16.5. The van der Waals surface area contributed by atoms with Crippen LogP contribution in [0.25, 0.3) is 4.85 Å². The van der Waals surface area contributed by atoms with Gasteiger partial charge in [-0.15, -0.1) is 0 Å². The molecule has 2 unspecified atom stereocenters. The fourth-order valence-corrected chi connectivity index (χ4v) is 1.10. The van der Waals surface area contributed by atoms with Crippen molar-refractivity contribution in [1.82, 2.24) is 0 Å². The monoisotopic (exact) mass is 185 g/mol. The SMILES string of the molecule is [C-]#[N+]C(C)(O)C(CC)C(=O)OCC. The molecule has 4 heteroatoms. The summed E-state index contributed by atoms with van der Waals surface area (Å²) < 4.78 is 4.74. The number of carbonyl (C=O) groups is 1. The maximum Gasteiger partial charge on any atom is 0.345 e. The molecule has 0 rings (SSSR count). The Balaban J connectivity index is 4.52. The summed E-state index contributed by atoms with van der Waals surface area (Å²) in [5.41, 5.74) is -1.65. The van der Waals surface area contributed by atoms with E-state index in [1.54, 1.807) is 13.8 Å². The van der Waals surface area contributed by atoms with E-state index in [4.69, 9.17) is 11.3 Å². The molecule has 0 spiro atoms.